The molecule has 3 aromatic carbocycles. The van der Waals surface area contributed by atoms with Crippen LogP contribution < -0.4 is 0 Å². The van der Waals surface area contributed by atoms with Gasteiger partial charge in [0.15, 0.2) is 69.8 Å². The van der Waals surface area contributed by atoms with Gasteiger partial charge in [0.25, 0.3) is 0 Å². The van der Waals surface area contributed by atoms with Crippen LogP contribution >= 0.6 is 0 Å². The summed E-state index contributed by atoms with van der Waals surface area (Å²) in [5, 5.41) is 0. The number of fused-ring (bicyclic) bond motifs is 9. The lowest BCUT2D eigenvalue weighted by Crippen LogP contribution is -2.05. The minimum atomic E-state index is -2.58. The lowest BCUT2D eigenvalue weighted by molar-refractivity contribution is 0.381. The van der Waals surface area contributed by atoms with Crippen LogP contribution in [-0.2, 0) is 12.8 Å². The van der Waals surface area contributed by atoms with Crippen molar-refractivity contribution in [3.63, 3.8) is 0 Å². The molecule has 8 bridgehead atoms. The number of benzene rings is 3. The number of aromatic nitrogens is 4. The van der Waals surface area contributed by atoms with Crippen molar-refractivity contribution in [2.75, 3.05) is 0 Å². The maximum atomic E-state index is 15.6. The molecule has 0 atom stereocenters. The molecule has 8 rings (SSSR count). The SMILES string of the molecule is Fc1c(F)c(F)c(-c2c3nc(c4ccc([nH]4)c(-c4c(F)c(F)c(F)c(F)c4F)c4ccc([nH]4)c(-c4c(F)c(F)c(F)c(F)c4F)c4ccc2[nH]4)CC3)c(F)c1F. The van der Waals surface area contributed by atoms with Crippen LogP contribution in [-0.4, -0.2) is 19.9 Å². The Kier molecular flexibility index (Phi) is 8.39. The molecule has 0 saturated heterocycles. The molecule has 0 spiro atoms. The van der Waals surface area contributed by atoms with Gasteiger partial charge < -0.3 is 15.0 Å². The van der Waals surface area contributed by atoms with Crippen LogP contribution in [0.4, 0.5) is 65.9 Å². The van der Waals surface area contributed by atoms with Crippen molar-refractivity contribution in [3.05, 3.63) is 135 Å². The molecule has 56 heavy (non-hydrogen) atoms. The van der Waals surface area contributed by atoms with Gasteiger partial charge in [-0.2, -0.15) is 0 Å². The number of aryl methyl sites for hydroxylation is 2. The Hall–Kier alpha value is -6.40. The number of H-pyrrole nitrogens is 3. The highest BCUT2D eigenvalue weighted by Gasteiger charge is 2.33. The number of hydrogen-bond donors (Lipinski definition) is 3. The Morgan fingerprint density at radius 3 is 0.839 bits per heavy atom. The fourth-order valence-corrected chi connectivity index (χ4v) is 6.71. The third-order valence-corrected chi connectivity index (χ3v) is 9.25. The molecule has 0 saturated carbocycles. The summed E-state index contributed by atoms with van der Waals surface area (Å²) in [6, 6.07) is 5.82. The van der Waals surface area contributed by atoms with E-state index in [1.54, 1.807) is 0 Å². The van der Waals surface area contributed by atoms with E-state index in [2.05, 4.69) is 19.9 Å². The van der Waals surface area contributed by atoms with Gasteiger partial charge in [-0.1, -0.05) is 0 Å². The molecule has 286 valence electrons. The molecule has 3 N–H and O–H groups in total. The third kappa shape index (κ3) is 5.16. The first-order valence-corrected chi connectivity index (χ1v) is 15.7. The molecule has 0 amide bonds. The van der Waals surface area contributed by atoms with Crippen LogP contribution in [0.2, 0.25) is 0 Å². The Bertz CT molecular complexity index is 2910. The van der Waals surface area contributed by atoms with Crippen molar-refractivity contribution < 1.29 is 65.9 Å². The maximum absolute atomic E-state index is 15.6. The molecule has 4 aromatic heterocycles. The Morgan fingerprint density at radius 2 is 0.500 bits per heavy atom. The first-order valence-electron chi connectivity index (χ1n) is 15.7. The summed E-state index contributed by atoms with van der Waals surface area (Å²) in [7, 11) is 0. The quantitative estimate of drug-likeness (QED) is 0.0931. The van der Waals surface area contributed by atoms with Gasteiger partial charge in [-0.15, -0.1) is 0 Å². The summed E-state index contributed by atoms with van der Waals surface area (Å²) in [6.45, 7) is 0. The van der Waals surface area contributed by atoms with E-state index >= 15 is 26.3 Å². The highest BCUT2D eigenvalue weighted by Crippen LogP contribution is 2.42. The Balaban J connectivity index is 1.64. The highest BCUT2D eigenvalue weighted by atomic mass is 19.2. The first-order chi connectivity index (χ1) is 26.5. The van der Waals surface area contributed by atoms with Gasteiger partial charge in [0, 0.05) is 44.3 Å². The minimum Gasteiger partial charge on any atom is -0.354 e. The summed E-state index contributed by atoms with van der Waals surface area (Å²) < 4.78 is 223. The van der Waals surface area contributed by atoms with Crippen molar-refractivity contribution >= 4 is 33.1 Å². The summed E-state index contributed by atoms with van der Waals surface area (Å²) in [4.78, 5) is 11.9. The van der Waals surface area contributed by atoms with Crippen LogP contribution in [0.25, 0.3) is 66.5 Å². The molecule has 1 aliphatic heterocycles. The molecule has 0 radical (unpaired) electrons. The van der Waals surface area contributed by atoms with Crippen molar-refractivity contribution in [3.8, 4) is 33.4 Å². The first kappa shape index (κ1) is 36.6. The van der Waals surface area contributed by atoms with Crippen molar-refractivity contribution in [2.45, 2.75) is 12.8 Å². The van der Waals surface area contributed by atoms with Crippen LogP contribution in [0.5, 0.6) is 0 Å². The van der Waals surface area contributed by atoms with Crippen LogP contribution in [0.15, 0.2) is 36.4 Å². The van der Waals surface area contributed by atoms with E-state index < -0.39 is 148 Å². The van der Waals surface area contributed by atoms with Gasteiger partial charge >= 0.3 is 0 Å². The second-order valence-corrected chi connectivity index (χ2v) is 12.3. The normalized spacial score (nSPS) is 12.4. The monoisotopic (exact) mass is 798 g/mol. The maximum Gasteiger partial charge on any atom is 0.200 e. The predicted octanol–water partition coefficient (Wildman–Crippen LogP) is 11.4. The smallest absolute Gasteiger partial charge is 0.200 e. The molecule has 19 heteroatoms. The molecule has 1 aliphatic rings. The van der Waals surface area contributed by atoms with E-state index in [1.807, 2.05) is 0 Å². The van der Waals surface area contributed by atoms with Gasteiger partial charge in [0.1, 0.15) is 0 Å². The summed E-state index contributed by atoms with van der Waals surface area (Å²) >= 11 is 0. The van der Waals surface area contributed by atoms with E-state index in [-0.39, 0.29) is 29.7 Å². The molecule has 0 unspecified atom stereocenters. The largest absolute Gasteiger partial charge is 0.354 e. The second kappa shape index (κ2) is 12.8. The number of halogens is 15. The summed E-state index contributed by atoms with van der Waals surface area (Å²) in [5.74, 6) is -36.2. The molecule has 4 nitrogen and oxygen atoms in total. The van der Waals surface area contributed by atoms with Crippen molar-refractivity contribution in [1.82, 2.24) is 19.9 Å². The zero-order valence-electron chi connectivity index (χ0n) is 27.0. The molecular formula is C37H13F15N4. The third-order valence-electron chi connectivity index (χ3n) is 9.25. The minimum absolute atomic E-state index is 0.00753. The van der Waals surface area contributed by atoms with Crippen LogP contribution in [0.1, 0.15) is 11.4 Å². The summed E-state index contributed by atoms with van der Waals surface area (Å²) in [5.41, 5.74) is -10.6. The van der Waals surface area contributed by atoms with E-state index in [0.29, 0.717) is 0 Å². The van der Waals surface area contributed by atoms with E-state index in [1.165, 1.54) is 6.07 Å². The molecule has 5 heterocycles. The Morgan fingerprint density at radius 1 is 0.268 bits per heavy atom. The van der Waals surface area contributed by atoms with Gasteiger partial charge in [-0.05, 0) is 49.2 Å². The highest BCUT2D eigenvalue weighted by molar-refractivity contribution is 5.99. The van der Waals surface area contributed by atoms with Crippen molar-refractivity contribution in [2.24, 2.45) is 0 Å². The molecular weight excluding hydrogens is 785 g/mol. The average Bonchev–Trinajstić information content (AvgIpc) is 4.03. The Labute approximate surface area is 300 Å². The zero-order valence-corrected chi connectivity index (χ0v) is 27.0. The van der Waals surface area contributed by atoms with Gasteiger partial charge in [-0.3, -0.25) is 4.98 Å². The number of nitrogens with one attached hydrogen (secondary N) is 3. The number of rotatable bonds is 3. The number of nitrogens with zero attached hydrogens (tertiary/aromatic N) is 1. The van der Waals surface area contributed by atoms with Gasteiger partial charge in [0.05, 0.1) is 33.6 Å². The lowest BCUT2D eigenvalue weighted by atomic mass is 10.00. The standard InChI is InChI=1S/C37H13F15N4/c38-23-20(24(39)30(45)35(50)29(23)44)17-11-3-1-9(53-11)10-2-4-12(54-10)18(21-25(40)31(46)36(51)32(47)26(21)41)14-6-8-16(56-14)19(15-7-5-13(17)55-15)22-27(42)33(48)37(52)34(49)28(22)43/h1,3,5-8,53,55-56H,2,4H2. The van der Waals surface area contributed by atoms with Gasteiger partial charge in [-0.25, -0.2) is 65.9 Å². The summed E-state index contributed by atoms with van der Waals surface area (Å²) in [6.07, 6.45) is -0.471. The van der Waals surface area contributed by atoms with Crippen LogP contribution in [0, 0.1) is 87.3 Å². The number of hydrogen-bond acceptors (Lipinski definition) is 1. The van der Waals surface area contributed by atoms with E-state index in [4.69, 9.17) is 0 Å². The molecule has 7 aromatic rings. The lowest BCUT2D eigenvalue weighted by Gasteiger charge is -2.11. The fourth-order valence-electron chi connectivity index (χ4n) is 6.71. The topological polar surface area (TPSA) is 60.3 Å². The average molecular weight is 799 g/mol. The van der Waals surface area contributed by atoms with E-state index in [9.17, 15) is 39.5 Å². The van der Waals surface area contributed by atoms with Crippen molar-refractivity contribution in [1.29, 1.82) is 0 Å². The zero-order chi connectivity index (χ0) is 40.2. The fraction of sp³-hybridized carbons (Fsp3) is 0.0541. The van der Waals surface area contributed by atoms with E-state index in [0.717, 1.165) is 30.3 Å². The van der Waals surface area contributed by atoms with Crippen LogP contribution in [0.3, 0.4) is 0 Å². The van der Waals surface area contributed by atoms with Gasteiger partial charge in [0.2, 0.25) is 17.5 Å². The molecule has 0 aliphatic carbocycles. The molecule has 0 fully saturated rings. The second-order valence-electron chi connectivity index (χ2n) is 12.3. The number of aromatic amines is 3. The predicted molar refractivity (Wildman–Crippen MR) is 169 cm³/mol.